The zero-order valence-electron chi connectivity index (χ0n) is 15.4. The number of hydrogen-bond donors (Lipinski definition) is 1. The maximum absolute atomic E-state index is 12.3. The van der Waals surface area contributed by atoms with E-state index in [1.165, 1.54) is 11.3 Å². The summed E-state index contributed by atoms with van der Waals surface area (Å²) in [7, 11) is 0. The number of ether oxygens (including phenoxy) is 1. The van der Waals surface area contributed by atoms with Crippen LogP contribution in [0.4, 0.5) is 9.93 Å². The molecule has 1 aliphatic heterocycles. The smallest absolute Gasteiger partial charge is 0.410 e. The van der Waals surface area contributed by atoms with Crippen LogP contribution in [0.1, 0.15) is 33.6 Å². The molecule has 7 heteroatoms. The van der Waals surface area contributed by atoms with Crippen molar-refractivity contribution in [2.75, 3.05) is 18.4 Å². The number of anilines is 1. The van der Waals surface area contributed by atoms with Crippen LogP contribution in [0, 0.1) is 17.2 Å². The number of nitrogens with one attached hydrogen (secondary N) is 1. The van der Waals surface area contributed by atoms with Gasteiger partial charge < -0.3 is 15.0 Å². The van der Waals surface area contributed by atoms with Gasteiger partial charge in [0.2, 0.25) is 0 Å². The first-order valence-corrected chi connectivity index (χ1v) is 9.73. The Hall–Kier alpha value is -2.33. The van der Waals surface area contributed by atoms with Crippen LogP contribution in [-0.4, -0.2) is 40.7 Å². The number of nitriles is 1. The molecule has 1 amide bonds. The minimum Gasteiger partial charge on any atom is -0.443 e. The first kappa shape index (κ1) is 18.5. The lowest BCUT2D eigenvalue weighted by atomic mass is 10.0. The number of hydrogen-bond acceptors (Lipinski definition) is 6. The molecule has 1 aromatic carbocycles. The number of aromatic nitrogens is 1. The van der Waals surface area contributed by atoms with Crippen LogP contribution in [0.25, 0.3) is 10.2 Å². The van der Waals surface area contributed by atoms with Crippen LogP contribution >= 0.6 is 11.3 Å². The largest absolute Gasteiger partial charge is 0.443 e. The zero-order valence-corrected chi connectivity index (χ0v) is 16.2. The van der Waals surface area contributed by atoms with Gasteiger partial charge in [-0.1, -0.05) is 30.4 Å². The highest BCUT2D eigenvalue weighted by atomic mass is 32.1. The van der Waals surface area contributed by atoms with E-state index in [0.29, 0.717) is 13.1 Å². The highest BCUT2D eigenvalue weighted by Crippen LogP contribution is 2.29. The van der Waals surface area contributed by atoms with Crippen LogP contribution in [0.2, 0.25) is 0 Å². The molecular weight excluding hydrogens is 348 g/mol. The number of carbonyl (C=O) groups excluding carboxylic acids is 1. The van der Waals surface area contributed by atoms with Crippen molar-refractivity contribution in [3.05, 3.63) is 24.3 Å². The predicted molar refractivity (Wildman–Crippen MR) is 103 cm³/mol. The van der Waals surface area contributed by atoms with E-state index in [9.17, 15) is 10.1 Å². The van der Waals surface area contributed by atoms with Crippen molar-refractivity contribution >= 4 is 32.8 Å². The molecule has 6 nitrogen and oxygen atoms in total. The molecule has 2 heterocycles. The molecule has 0 bridgehead atoms. The fraction of sp³-hybridized carbons (Fsp3) is 0.526. The van der Waals surface area contributed by atoms with Crippen molar-refractivity contribution in [3.63, 3.8) is 0 Å². The molecule has 0 spiro atoms. The van der Waals surface area contributed by atoms with Gasteiger partial charge in [-0.05, 0) is 38.8 Å². The summed E-state index contributed by atoms with van der Waals surface area (Å²) in [6.45, 7) is 6.95. The second-order valence-corrected chi connectivity index (χ2v) is 8.24. The minimum atomic E-state index is -0.469. The number of amides is 1. The van der Waals surface area contributed by atoms with Gasteiger partial charge in [0.1, 0.15) is 11.6 Å². The molecule has 1 aliphatic rings. The van der Waals surface area contributed by atoms with Gasteiger partial charge in [0.05, 0.1) is 16.3 Å². The lowest BCUT2D eigenvalue weighted by Gasteiger charge is -2.27. The Labute approximate surface area is 157 Å². The van der Waals surface area contributed by atoms with Gasteiger partial charge in [-0.25, -0.2) is 9.78 Å². The SMILES string of the molecule is CCC(C)(C)OC(=O)N1CCC(C(C#N)Nc2nc3ccccc3s2)C1. The summed E-state index contributed by atoms with van der Waals surface area (Å²) in [5.74, 6) is 0.0595. The normalized spacial score (nSPS) is 18.5. The summed E-state index contributed by atoms with van der Waals surface area (Å²) in [6.07, 6.45) is 1.24. The number of carbonyl (C=O) groups is 1. The van der Waals surface area contributed by atoms with Crippen molar-refractivity contribution in [2.45, 2.75) is 45.3 Å². The molecule has 1 fully saturated rings. The minimum absolute atomic E-state index is 0.0595. The number of likely N-dealkylation sites (tertiary alicyclic amines) is 1. The van der Waals surface area contributed by atoms with Crippen LogP contribution in [0.3, 0.4) is 0 Å². The predicted octanol–water partition coefficient (Wildman–Crippen LogP) is 4.25. The molecular formula is C19H24N4O2S. The van der Waals surface area contributed by atoms with Gasteiger partial charge in [-0.3, -0.25) is 0 Å². The third-order valence-electron chi connectivity index (χ3n) is 4.88. The van der Waals surface area contributed by atoms with E-state index in [1.54, 1.807) is 4.90 Å². The maximum atomic E-state index is 12.3. The van der Waals surface area contributed by atoms with Gasteiger partial charge >= 0.3 is 6.09 Å². The summed E-state index contributed by atoms with van der Waals surface area (Å²) in [6, 6.07) is 9.85. The summed E-state index contributed by atoms with van der Waals surface area (Å²) < 4.78 is 6.65. The molecule has 0 radical (unpaired) electrons. The van der Waals surface area contributed by atoms with Crippen molar-refractivity contribution in [2.24, 2.45) is 5.92 Å². The third-order valence-corrected chi connectivity index (χ3v) is 5.85. The van der Waals surface area contributed by atoms with Crippen LogP contribution in [-0.2, 0) is 4.74 Å². The number of benzene rings is 1. The van der Waals surface area contributed by atoms with Crippen LogP contribution in [0.5, 0.6) is 0 Å². The molecule has 0 saturated carbocycles. The van der Waals surface area contributed by atoms with E-state index in [1.807, 2.05) is 45.0 Å². The lowest BCUT2D eigenvalue weighted by molar-refractivity contribution is 0.0147. The van der Waals surface area contributed by atoms with Crippen LogP contribution < -0.4 is 5.32 Å². The van der Waals surface area contributed by atoms with E-state index in [0.717, 1.165) is 28.2 Å². The maximum Gasteiger partial charge on any atom is 0.410 e. The Bertz CT molecular complexity index is 793. The second kappa shape index (κ2) is 7.50. The topological polar surface area (TPSA) is 78.2 Å². The first-order chi connectivity index (χ1) is 12.4. The summed E-state index contributed by atoms with van der Waals surface area (Å²) in [5, 5.41) is 13.6. The standard InChI is InChI=1S/C19H24N4O2S/c1-4-19(2,3)25-18(24)23-10-9-13(12-23)15(11-20)22-17-21-14-7-5-6-8-16(14)26-17/h5-8,13,15H,4,9-10,12H2,1-3H3,(H,21,22). The van der Waals surface area contributed by atoms with Crippen molar-refractivity contribution in [1.29, 1.82) is 5.26 Å². The molecule has 2 aromatic rings. The highest BCUT2D eigenvalue weighted by Gasteiger charge is 2.35. The Morgan fingerprint density at radius 1 is 1.54 bits per heavy atom. The van der Waals surface area contributed by atoms with E-state index < -0.39 is 5.60 Å². The molecule has 26 heavy (non-hydrogen) atoms. The van der Waals surface area contributed by atoms with E-state index in [-0.39, 0.29) is 18.1 Å². The van der Waals surface area contributed by atoms with Crippen molar-refractivity contribution in [1.82, 2.24) is 9.88 Å². The molecule has 3 rings (SSSR count). The first-order valence-electron chi connectivity index (χ1n) is 8.91. The number of rotatable bonds is 5. The van der Waals surface area contributed by atoms with Crippen molar-refractivity contribution < 1.29 is 9.53 Å². The van der Waals surface area contributed by atoms with Crippen molar-refractivity contribution in [3.8, 4) is 6.07 Å². The molecule has 0 aliphatic carbocycles. The zero-order chi connectivity index (χ0) is 18.7. The van der Waals surface area contributed by atoms with E-state index >= 15 is 0 Å². The summed E-state index contributed by atoms with van der Waals surface area (Å²) >= 11 is 1.54. The third kappa shape index (κ3) is 4.07. The Morgan fingerprint density at radius 3 is 3.00 bits per heavy atom. The molecule has 1 saturated heterocycles. The number of thiazole rings is 1. The Morgan fingerprint density at radius 2 is 2.31 bits per heavy atom. The fourth-order valence-corrected chi connectivity index (χ4v) is 3.82. The van der Waals surface area contributed by atoms with Gasteiger partial charge in [-0.2, -0.15) is 5.26 Å². The van der Waals surface area contributed by atoms with Gasteiger partial charge in [0.25, 0.3) is 0 Å². The number of fused-ring (bicyclic) bond motifs is 1. The molecule has 1 aromatic heterocycles. The average Bonchev–Trinajstić information content (AvgIpc) is 3.25. The molecule has 2 atom stereocenters. The highest BCUT2D eigenvalue weighted by molar-refractivity contribution is 7.22. The number of nitrogens with zero attached hydrogens (tertiary/aromatic N) is 3. The fourth-order valence-electron chi connectivity index (χ4n) is 2.92. The lowest BCUT2D eigenvalue weighted by Crippen LogP contribution is -2.38. The van der Waals surface area contributed by atoms with Gasteiger partial charge in [0, 0.05) is 19.0 Å². The molecule has 2 unspecified atom stereocenters. The Balaban J connectivity index is 1.62. The molecule has 1 N–H and O–H groups in total. The second-order valence-electron chi connectivity index (χ2n) is 7.21. The average molecular weight is 372 g/mol. The molecule has 138 valence electrons. The van der Waals surface area contributed by atoms with Gasteiger partial charge in [-0.15, -0.1) is 0 Å². The summed E-state index contributed by atoms with van der Waals surface area (Å²) in [5.41, 5.74) is 0.457. The van der Waals surface area contributed by atoms with E-state index in [4.69, 9.17) is 4.74 Å². The summed E-state index contributed by atoms with van der Waals surface area (Å²) in [4.78, 5) is 18.6. The van der Waals surface area contributed by atoms with Crippen LogP contribution in [0.15, 0.2) is 24.3 Å². The monoisotopic (exact) mass is 372 g/mol. The number of para-hydroxylation sites is 1. The quantitative estimate of drug-likeness (QED) is 0.849. The Kier molecular flexibility index (Phi) is 5.33. The van der Waals surface area contributed by atoms with E-state index in [2.05, 4.69) is 16.4 Å². The van der Waals surface area contributed by atoms with Gasteiger partial charge in [0.15, 0.2) is 5.13 Å².